The number of pyridine rings is 1. The van der Waals surface area contributed by atoms with Crippen LogP contribution in [0, 0.1) is 53.4 Å². The molecule has 8 rings (SSSR count). The molecule has 4 saturated carbocycles. The Labute approximate surface area is 384 Å². The van der Waals surface area contributed by atoms with Gasteiger partial charge in [-0.15, -0.1) is 29.1 Å². The normalized spacial score (nSPS) is 22.0. The molecule has 1 heterocycles. The number of rotatable bonds is 5. The maximum Gasteiger partial charge on any atom is 0.162 e. The average Bonchev–Trinajstić information content (AvgIpc) is 3.18. The van der Waals surface area contributed by atoms with Crippen LogP contribution in [0.3, 0.4) is 0 Å². The van der Waals surface area contributed by atoms with Crippen molar-refractivity contribution in [1.29, 1.82) is 0 Å². The number of nitrogens with zero attached hydrogens (tertiary/aromatic N) is 1. The third-order valence-electron chi connectivity index (χ3n) is 16.1. The number of carbonyl (C=O) groups is 1. The quantitative estimate of drug-likeness (QED) is 0.123. The molecular formula is C57H78IrNO2-. The van der Waals surface area contributed by atoms with Gasteiger partial charge in [-0.1, -0.05) is 104 Å². The summed E-state index contributed by atoms with van der Waals surface area (Å²) in [4.78, 5) is 17.7. The summed E-state index contributed by atoms with van der Waals surface area (Å²) in [5.41, 5.74) is 10.9. The fourth-order valence-electron chi connectivity index (χ4n) is 11.5. The minimum absolute atomic E-state index is 0. The number of hydrogen-bond donors (Lipinski definition) is 1. The van der Waals surface area contributed by atoms with E-state index in [1.807, 2.05) is 0 Å². The Kier molecular flexibility index (Phi) is 14.3. The zero-order valence-corrected chi connectivity index (χ0v) is 42.3. The molecule has 3 aromatic carbocycles. The van der Waals surface area contributed by atoms with E-state index in [9.17, 15) is 9.90 Å². The number of fused-ring (bicyclic) bond motifs is 2. The van der Waals surface area contributed by atoms with Crippen LogP contribution in [0.1, 0.15) is 193 Å². The molecule has 4 heteroatoms. The van der Waals surface area contributed by atoms with E-state index in [0.717, 1.165) is 68.1 Å². The molecule has 0 amide bonds. The zero-order valence-electron chi connectivity index (χ0n) is 39.9. The molecule has 333 valence electrons. The van der Waals surface area contributed by atoms with Crippen molar-refractivity contribution in [1.82, 2.24) is 4.98 Å². The minimum atomic E-state index is 0. The Morgan fingerprint density at radius 1 is 0.721 bits per heavy atom. The summed E-state index contributed by atoms with van der Waals surface area (Å²) in [6.45, 7) is 25.5. The van der Waals surface area contributed by atoms with E-state index < -0.39 is 0 Å². The number of aromatic nitrogens is 1. The Morgan fingerprint density at radius 2 is 1.28 bits per heavy atom. The van der Waals surface area contributed by atoms with Crippen LogP contribution in [-0.2, 0) is 30.3 Å². The molecule has 4 aromatic rings. The van der Waals surface area contributed by atoms with Gasteiger partial charge in [-0.2, -0.15) is 0 Å². The van der Waals surface area contributed by atoms with Crippen molar-refractivity contribution in [3.8, 4) is 11.3 Å². The molecule has 4 fully saturated rings. The monoisotopic (exact) mass is 1000 g/mol. The molecule has 61 heavy (non-hydrogen) atoms. The van der Waals surface area contributed by atoms with E-state index in [4.69, 9.17) is 4.98 Å². The summed E-state index contributed by atoms with van der Waals surface area (Å²) in [6, 6.07) is 22.0. The number of ketones is 1. The van der Waals surface area contributed by atoms with Crippen LogP contribution in [0.25, 0.3) is 32.9 Å². The van der Waals surface area contributed by atoms with Crippen molar-refractivity contribution in [2.45, 2.75) is 190 Å². The maximum atomic E-state index is 12.4. The first-order chi connectivity index (χ1) is 28.1. The molecule has 4 aliphatic carbocycles. The van der Waals surface area contributed by atoms with Gasteiger partial charge in [0.15, 0.2) is 5.78 Å². The van der Waals surface area contributed by atoms with Crippen LogP contribution in [-0.4, -0.2) is 15.9 Å². The molecule has 1 spiro atoms. The van der Waals surface area contributed by atoms with Crippen LogP contribution in [0.5, 0.6) is 0 Å². The summed E-state index contributed by atoms with van der Waals surface area (Å²) < 4.78 is 0. The van der Waals surface area contributed by atoms with Crippen LogP contribution >= 0.6 is 0 Å². The SMILES string of the molecule is CC1(C)CCC(C(=O)/C=C(\O)C2CCC(C)(C)CC2)CC1.Cc1cc(C)c2c(C3CCC4(CC3)CCC(C)(C)CC4)cc(-c3[c-]c4ccccc4c(C(C)(C)C)c3)nc2c1.[Ir]. The minimum Gasteiger partial charge on any atom is -0.512 e. The van der Waals surface area contributed by atoms with Crippen LogP contribution in [0.2, 0.25) is 0 Å². The van der Waals surface area contributed by atoms with Crippen molar-refractivity contribution in [2.75, 3.05) is 0 Å². The Balaban J connectivity index is 0.000000240. The van der Waals surface area contributed by atoms with Crippen molar-refractivity contribution in [3.63, 3.8) is 0 Å². The summed E-state index contributed by atoms with van der Waals surface area (Å²) in [5.74, 6) is 1.47. The standard InChI is InChI=1S/C38H46N.C19H32O2.Ir/c1-25-20-26(2)35-31(27-12-14-38(15-13-27)18-16-37(6,7)17-19-38)24-33(39-34(35)21-25)29-22-28-10-8-9-11-30(28)32(23-29)36(3,4)5;1-18(2)9-5-14(6-10-18)16(20)13-17(21)15-7-11-19(3,4)12-8-15;/h8-11,20-21,23-24,27H,12-19H2,1-7H3;13-15,20H,5-12H2,1-4H3;/q-1;;/b;16-13-;. The summed E-state index contributed by atoms with van der Waals surface area (Å²) in [6.07, 6.45) is 21.1. The Hall–Kier alpha value is -2.81. The first kappa shape index (κ1) is 47.7. The molecule has 0 aliphatic heterocycles. The van der Waals surface area contributed by atoms with Gasteiger partial charge in [0.1, 0.15) is 0 Å². The van der Waals surface area contributed by atoms with E-state index in [0.29, 0.717) is 33.3 Å². The predicted molar refractivity (Wildman–Crippen MR) is 255 cm³/mol. The summed E-state index contributed by atoms with van der Waals surface area (Å²) in [7, 11) is 0. The third-order valence-corrected chi connectivity index (χ3v) is 16.1. The second kappa shape index (κ2) is 18.4. The Bertz CT molecular complexity index is 2190. The predicted octanol–water partition coefficient (Wildman–Crippen LogP) is 16.4. The van der Waals surface area contributed by atoms with Gasteiger partial charge in [0.05, 0.1) is 11.3 Å². The molecule has 3 nitrogen and oxygen atoms in total. The van der Waals surface area contributed by atoms with Gasteiger partial charge >= 0.3 is 0 Å². The van der Waals surface area contributed by atoms with Crippen LogP contribution in [0.15, 0.2) is 60.4 Å². The largest absolute Gasteiger partial charge is 0.512 e. The molecule has 0 unspecified atom stereocenters. The van der Waals surface area contributed by atoms with Crippen LogP contribution in [0.4, 0.5) is 0 Å². The van der Waals surface area contributed by atoms with Crippen molar-refractivity contribution in [3.05, 3.63) is 88.7 Å². The molecule has 0 bridgehead atoms. The number of aliphatic hydroxyl groups excluding tert-OH is 1. The van der Waals surface area contributed by atoms with Gasteiger partial charge in [0, 0.05) is 49.1 Å². The van der Waals surface area contributed by atoms with Gasteiger partial charge in [0.2, 0.25) is 0 Å². The maximum absolute atomic E-state index is 12.4. The number of aryl methyl sites for hydroxylation is 2. The molecule has 4 aliphatic rings. The molecule has 1 N–H and O–H groups in total. The van der Waals surface area contributed by atoms with Crippen molar-refractivity contribution < 1.29 is 30.0 Å². The number of benzene rings is 3. The van der Waals surface area contributed by atoms with Gasteiger partial charge < -0.3 is 5.11 Å². The molecule has 1 radical (unpaired) electrons. The fourth-order valence-corrected chi connectivity index (χ4v) is 11.5. The number of hydrogen-bond acceptors (Lipinski definition) is 3. The van der Waals surface area contributed by atoms with Gasteiger partial charge in [-0.3, -0.25) is 9.78 Å². The van der Waals surface area contributed by atoms with Gasteiger partial charge in [-0.25, -0.2) is 0 Å². The average molecular weight is 1000 g/mol. The van der Waals surface area contributed by atoms with E-state index in [2.05, 4.69) is 131 Å². The fraction of sp³-hybridized carbons (Fsp3) is 0.614. The summed E-state index contributed by atoms with van der Waals surface area (Å²) in [5, 5.41) is 14.2. The number of aliphatic hydroxyl groups is 1. The van der Waals surface area contributed by atoms with E-state index in [1.54, 1.807) is 6.08 Å². The van der Waals surface area contributed by atoms with Gasteiger partial charge in [0.25, 0.3) is 0 Å². The van der Waals surface area contributed by atoms with E-state index in [1.165, 1.54) is 89.8 Å². The first-order valence-electron chi connectivity index (χ1n) is 23.9. The second-order valence-electron chi connectivity index (χ2n) is 23.8. The zero-order chi connectivity index (χ0) is 43.3. The smallest absolute Gasteiger partial charge is 0.162 e. The molecule has 0 atom stereocenters. The molecular weight excluding hydrogens is 923 g/mol. The Morgan fingerprint density at radius 3 is 1.87 bits per heavy atom. The molecule has 1 aromatic heterocycles. The van der Waals surface area contributed by atoms with Crippen LogP contribution < -0.4 is 0 Å². The van der Waals surface area contributed by atoms with Crippen molar-refractivity contribution in [2.24, 2.45) is 33.5 Å². The summed E-state index contributed by atoms with van der Waals surface area (Å²) >= 11 is 0. The first-order valence-corrected chi connectivity index (χ1v) is 23.9. The van der Waals surface area contributed by atoms with Crippen molar-refractivity contribution >= 4 is 27.5 Å². The number of allylic oxidation sites excluding steroid dienone is 2. The third kappa shape index (κ3) is 11.3. The number of carbonyl (C=O) groups excluding carboxylic acids is 1. The van der Waals surface area contributed by atoms with E-state index in [-0.39, 0.29) is 43.1 Å². The second-order valence-corrected chi connectivity index (χ2v) is 23.8. The topological polar surface area (TPSA) is 50.2 Å². The molecule has 0 saturated heterocycles. The van der Waals surface area contributed by atoms with E-state index >= 15 is 0 Å². The van der Waals surface area contributed by atoms with Gasteiger partial charge in [-0.05, 0) is 172 Å².